The molecule has 0 atom stereocenters. The molecule has 0 unspecified atom stereocenters. The van der Waals surface area contributed by atoms with E-state index in [0.29, 0.717) is 10.6 Å². The minimum absolute atomic E-state index is 0.0456. The van der Waals surface area contributed by atoms with E-state index >= 15 is 0 Å². The zero-order valence-electron chi connectivity index (χ0n) is 9.38. The molecule has 0 saturated carbocycles. The summed E-state index contributed by atoms with van der Waals surface area (Å²) in [4.78, 5) is 14.5. The summed E-state index contributed by atoms with van der Waals surface area (Å²) in [6, 6.07) is 7.18. The minimum Gasteiger partial charge on any atom is -0.289 e. The maximum atomic E-state index is 12.3. The summed E-state index contributed by atoms with van der Waals surface area (Å²) in [6.07, 6.45) is 0. The number of aryl methyl sites for hydroxylation is 2. The van der Waals surface area contributed by atoms with E-state index in [2.05, 4.69) is 15.9 Å². The highest BCUT2D eigenvalue weighted by atomic mass is 79.9. The van der Waals surface area contributed by atoms with Crippen LogP contribution in [0.15, 0.2) is 28.7 Å². The molecule has 0 radical (unpaired) electrons. The number of hydrogen-bond acceptors (Lipinski definition) is 2. The van der Waals surface area contributed by atoms with Crippen LogP contribution in [0.5, 0.6) is 0 Å². The molecule has 0 amide bonds. The van der Waals surface area contributed by atoms with Crippen molar-refractivity contribution in [3.63, 3.8) is 0 Å². The Hall–Kier alpha value is -0.640. The molecule has 0 N–H and O–H groups in total. The Morgan fingerprint density at radius 3 is 2.53 bits per heavy atom. The van der Waals surface area contributed by atoms with Crippen LogP contribution >= 0.6 is 38.9 Å². The molecular formula is C13H10BrClOS. The standard InChI is InChI=1S/C13H10BrClOS/c1-7-5-10(8(2)17-7)13(16)9-3-4-12(15)11(14)6-9/h3-6H,1-2H3. The summed E-state index contributed by atoms with van der Waals surface area (Å²) in [5.41, 5.74) is 1.43. The molecule has 2 rings (SSSR count). The zero-order chi connectivity index (χ0) is 12.6. The first-order chi connectivity index (χ1) is 7.99. The topological polar surface area (TPSA) is 17.1 Å². The molecule has 0 spiro atoms. The highest BCUT2D eigenvalue weighted by Crippen LogP contribution is 2.27. The van der Waals surface area contributed by atoms with Gasteiger partial charge in [-0.15, -0.1) is 11.3 Å². The first-order valence-corrected chi connectivity index (χ1v) is 7.04. The van der Waals surface area contributed by atoms with Crippen LogP contribution in [-0.4, -0.2) is 5.78 Å². The van der Waals surface area contributed by atoms with Gasteiger partial charge in [0.25, 0.3) is 0 Å². The lowest BCUT2D eigenvalue weighted by atomic mass is 10.0. The van der Waals surface area contributed by atoms with E-state index < -0.39 is 0 Å². The van der Waals surface area contributed by atoms with Gasteiger partial charge in [-0.05, 0) is 54.0 Å². The number of carbonyl (C=O) groups excluding carboxylic acids is 1. The van der Waals surface area contributed by atoms with Crippen molar-refractivity contribution in [2.75, 3.05) is 0 Å². The van der Waals surface area contributed by atoms with Crippen molar-refractivity contribution in [3.8, 4) is 0 Å². The molecule has 0 saturated heterocycles. The number of benzene rings is 1. The van der Waals surface area contributed by atoms with Crippen LogP contribution in [0.25, 0.3) is 0 Å². The molecule has 0 aliphatic carbocycles. The Kier molecular flexibility index (Phi) is 3.71. The average molecular weight is 330 g/mol. The van der Waals surface area contributed by atoms with Crippen LogP contribution in [0.3, 0.4) is 0 Å². The fourth-order valence-electron chi connectivity index (χ4n) is 1.65. The largest absolute Gasteiger partial charge is 0.289 e. The van der Waals surface area contributed by atoms with Crippen LogP contribution in [0.1, 0.15) is 25.7 Å². The van der Waals surface area contributed by atoms with Crippen LogP contribution < -0.4 is 0 Å². The molecule has 1 aromatic heterocycles. The molecule has 88 valence electrons. The van der Waals surface area contributed by atoms with Crippen molar-refractivity contribution >= 4 is 44.7 Å². The number of carbonyl (C=O) groups is 1. The van der Waals surface area contributed by atoms with Crippen LogP contribution in [-0.2, 0) is 0 Å². The number of ketones is 1. The lowest BCUT2D eigenvalue weighted by molar-refractivity contribution is 0.103. The van der Waals surface area contributed by atoms with Crippen LogP contribution in [0.4, 0.5) is 0 Å². The Morgan fingerprint density at radius 1 is 1.29 bits per heavy atom. The number of thiophene rings is 1. The van der Waals surface area contributed by atoms with Crippen molar-refractivity contribution in [1.29, 1.82) is 0 Å². The summed E-state index contributed by atoms with van der Waals surface area (Å²) in [7, 11) is 0. The molecule has 17 heavy (non-hydrogen) atoms. The predicted octanol–water partition coefficient (Wildman–Crippen LogP) is 5.01. The zero-order valence-corrected chi connectivity index (χ0v) is 12.5. The summed E-state index contributed by atoms with van der Waals surface area (Å²) >= 11 is 10.9. The SMILES string of the molecule is Cc1cc(C(=O)c2ccc(Cl)c(Br)c2)c(C)s1. The Morgan fingerprint density at radius 2 is 2.00 bits per heavy atom. The second kappa shape index (κ2) is 4.92. The molecule has 0 fully saturated rings. The van der Waals surface area contributed by atoms with E-state index in [0.717, 1.165) is 19.8 Å². The van der Waals surface area contributed by atoms with E-state index in [1.54, 1.807) is 29.5 Å². The molecule has 1 heterocycles. The minimum atomic E-state index is 0.0456. The first-order valence-electron chi connectivity index (χ1n) is 5.06. The highest BCUT2D eigenvalue weighted by Gasteiger charge is 2.14. The monoisotopic (exact) mass is 328 g/mol. The summed E-state index contributed by atoms with van der Waals surface area (Å²) in [6.45, 7) is 3.97. The molecule has 2 aromatic rings. The fraction of sp³-hybridized carbons (Fsp3) is 0.154. The number of halogens is 2. The lowest BCUT2D eigenvalue weighted by Crippen LogP contribution is -2.01. The van der Waals surface area contributed by atoms with Gasteiger partial charge in [0.05, 0.1) is 5.02 Å². The van der Waals surface area contributed by atoms with Gasteiger partial charge in [0.15, 0.2) is 5.78 Å². The Bertz CT molecular complexity index is 589. The number of rotatable bonds is 2. The van der Waals surface area contributed by atoms with E-state index in [1.807, 2.05) is 19.9 Å². The Balaban J connectivity index is 2.44. The van der Waals surface area contributed by atoms with Gasteiger partial charge in [0.2, 0.25) is 0 Å². The van der Waals surface area contributed by atoms with Crippen molar-refractivity contribution in [3.05, 3.63) is 54.6 Å². The molecule has 1 nitrogen and oxygen atoms in total. The van der Waals surface area contributed by atoms with E-state index in [4.69, 9.17) is 11.6 Å². The lowest BCUT2D eigenvalue weighted by Gasteiger charge is -2.02. The quantitative estimate of drug-likeness (QED) is 0.708. The second-order valence-electron chi connectivity index (χ2n) is 3.78. The average Bonchev–Trinajstić information content (AvgIpc) is 2.61. The van der Waals surface area contributed by atoms with Gasteiger partial charge in [0, 0.05) is 25.4 Å². The first kappa shape index (κ1) is 12.8. The smallest absolute Gasteiger partial charge is 0.194 e. The van der Waals surface area contributed by atoms with Gasteiger partial charge in [-0.2, -0.15) is 0 Å². The van der Waals surface area contributed by atoms with Crippen LogP contribution in [0.2, 0.25) is 5.02 Å². The van der Waals surface area contributed by atoms with Crippen molar-refractivity contribution in [2.24, 2.45) is 0 Å². The van der Waals surface area contributed by atoms with E-state index in [-0.39, 0.29) is 5.78 Å². The molecule has 4 heteroatoms. The van der Waals surface area contributed by atoms with E-state index in [1.165, 1.54) is 0 Å². The third-order valence-corrected chi connectivity index (χ3v) is 4.65. The van der Waals surface area contributed by atoms with Crippen LogP contribution in [0, 0.1) is 13.8 Å². The fourth-order valence-corrected chi connectivity index (χ4v) is 3.07. The predicted molar refractivity (Wildman–Crippen MR) is 76.4 cm³/mol. The maximum Gasteiger partial charge on any atom is 0.194 e. The van der Waals surface area contributed by atoms with Gasteiger partial charge < -0.3 is 0 Å². The summed E-state index contributed by atoms with van der Waals surface area (Å²) in [5.74, 6) is 0.0456. The van der Waals surface area contributed by atoms with Crippen molar-refractivity contribution in [1.82, 2.24) is 0 Å². The highest BCUT2D eigenvalue weighted by molar-refractivity contribution is 9.10. The maximum absolute atomic E-state index is 12.3. The molecular weight excluding hydrogens is 320 g/mol. The second-order valence-corrected chi connectivity index (χ2v) is 6.51. The molecule has 0 aliphatic heterocycles. The summed E-state index contributed by atoms with van der Waals surface area (Å²) in [5, 5.41) is 0.611. The van der Waals surface area contributed by atoms with Crippen molar-refractivity contribution < 1.29 is 4.79 Å². The molecule has 1 aromatic carbocycles. The van der Waals surface area contributed by atoms with Gasteiger partial charge in [-0.25, -0.2) is 0 Å². The third kappa shape index (κ3) is 2.62. The summed E-state index contributed by atoms with van der Waals surface area (Å²) < 4.78 is 0.745. The van der Waals surface area contributed by atoms with Gasteiger partial charge >= 0.3 is 0 Å². The molecule has 0 bridgehead atoms. The van der Waals surface area contributed by atoms with Gasteiger partial charge in [-0.1, -0.05) is 11.6 Å². The van der Waals surface area contributed by atoms with Crippen molar-refractivity contribution in [2.45, 2.75) is 13.8 Å². The van der Waals surface area contributed by atoms with E-state index in [9.17, 15) is 4.79 Å². The third-order valence-electron chi connectivity index (χ3n) is 2.47. The van der Waals surface area contributed by atoms with Gasteiger partial charge in [0.1, 0.15) is 0 Å². The normalized spacial score (nSPS) is 10.6. The van der Waals surface area contributed by atoms with Gasteiger partial charge in [-0.3, -0.25) is 4.79 Å². The molecule has 0 aliphatic rings. The number of hydrogen-bond donors (Lipinski definition) is 0. The Labute approximate surface area is 118 Å².